The smallest absolute Gasteiger partial charge is 0.278 e. The van der Waals surface area contributed by atoms with Crippen molar-refractivity contribution in [2.24, 2.45) is 5.41 Å². The number of carbonyl (C=O) groups excluding carboxylic acids is 2. The summed E-state index contributed by atoms with van der Waals surface area (Å²) in [4.78, 5) is 36.2. The van der Waals surface area contributed by atoms with Crippen LogP contribution < -0.4 is 10.2 Å². The van der Waals surface area contributed by atoms with Gasteiger partial charge in [0.15, 0.2) is 5.54 Å². The van der Waals surface area contributed by atoms with E-state index < -0.39 is 23.0 Å². The van der Waals surface area contributed by atoms with Crippen molar-refractivity contribution in [3.63, 3.8) is 0 Å². The number of hydrogen-bond donors (Lipinski definition) is 1. The minimum absolute atomic E-state index is 0.000162. The molecule has 1 unspecified atom stereocenters. The zero-order valence-electron chi connectivity index (χ0n) is 19.1. The topological polar surface area (TPSA) is 75.2 Å². The molecule has 1 aromatic heterocycles. The monoisotopic (exact) mass is 472 g/mol. The van der Waals surface area contributed by atoms with Gasteiger partial charge in [-0.1, -0.05) is 35.7 Å². The number of amides is 2. The van der Waals surface area contributed by atoms with Crippen LogP contribution in [-0.4, -0.2) is 33.5 Å². The van der Waals surface area contributed by atoms with E-state index in [-0.39, 0.29) is 6.04 Å². The summed E-state index contributed by atoms with van der Waals surface area (Å²) in [5.74, 6) is -1.42. The lowest BCUT2D eigenvalue weighted by atomic mass is 9.60. The Morgan fingerprint density at radius 2 is 1.76 bits per heavy atom. The summed E-state index contributed by atoms with van der Waals surface area (Å²) in [6.45, 7) is 3.50. The molecule has 2 aliphatic carbocycles. The maximum atomic E-state index is 14.2. The standard InChI is InChI=1S/C25H30ClFN4O2/c1-17-4-6-20(7-5-17)31(22(32)21(26)27)24(2,18-14-28-16-29-15-18)23(33)30-19-8-12-25(13-9-19)10-3-11-25/h4-7,14-16,19,21H,3,8-13H2,1-2H3,(H,30,33)/t21-,24?/m0/s1. The Balaban J connectivity index is 1.69. The number of aryl methyl sites for hydroxylation is 1. The third kappa shape index (κ3) is 4.60. The third-order valence-corrected chi connectivity index (χ3v) is 7.69. The molecule has 1 aromatic carbocycles. The Kier molecular flexibility index (Phi) is 6.71. The summed E-state index contributed by atoms with van der Waals surface area (Å²) in [6, 6.07) is 6.97. The second kappa shape index (κ2) is 9.37. The van der Waals surface area contributed by atoms with Gasteiger partial charge in [0.2, 0.25) is 0 Å². The molecule has 2 aromatic rings. The number of nitrogens with zero attached hydrogens (tertiary/aromatic N) is 3. The second-order valence-electron chi connectivity index (χ2n) is 9.61. The Morgan fingerprint density at radius 3 is 2.27 bits per heavy atom. The highest BCUT2D eigenvalue weighted by atomic mass is 35.5. The second-order valence-corrected chi connectivity index (χ2v) is 9.99. The van der Waals surface area contributed by atoms with Gasteiger partial charge in [-0.05, 0) is 69.9 Å². The summed E-state index contributed by atoms with van der Waals surface area (Å²) >= 11 is 5.63. The molecule has 0 radical (unpaired) electrons. The lowest BCUT2D eigenvalue weighted by Gasteiger charge is -2.48. The first kappa shape index (κ1) is 23.6. The van der Waals surface area contributed by atoms with Gasteiger partial charge < -0.3 is 5.32 Å². The fourth-order valence-corrected chi connectivity index (χ4v) is 5.28. The lowest BCUT2D eigenvalue weighted by molar-refractivity contribution is -0.132. The van der Waals surface area contributed by atoms with E-state index in [0.29, 0.717) is 16.7 Å². The zero-order chi connectivity index (χ0) is 23.6. The minimum atomic E-state index is -2.31. The summed E-state index contributed by atoms with van der Waals surface area (Å²) in [7, 11) is 0. The molecule has 2 saturated carbocycles. The van der Waals surface area contributed by atoms with Crippen LogP contribution in [0.15, 0.2) is 43.0 Å². The van der Waals surface area contributed by atoms with Gasteiger partial charge in [0.05, 0.1) is 0 Å². The van der Waals surface area contributed by atoms with Crippen LogP contribution >= 0.6 is 11.6 Å². The van der Waals surface area contributed by atoms with Gasteiger partial charge >= 0.3 is 0 Å². The summed E-state index contributed by atoms with van der Waals surface area (Å²) in [5, 5.41) is 3.15. The van der Waals surface area contributed by atoms with E-state index in [0.717, 1.165) is 36.1 Å². The van der Waals surface area contributed by atoms with Crippen molar-refractivity contribution in [2.45, 2.75) is 76.0 Å². The number of aromatic nitrogens is 2. The number of halogens is 2. The van der Waals surface area contributed by atoms with E-state index in [1.807, 2.05) is 6.92 Å². The number of nitrogens with one attached hydrogen (secondary N) is 1. The minimum Gasteiger partial charge on any atom is -0.351 e. The quantitative estimate of drug-likeness (QED) is 0.613. The lowest BCUT2D eigenvalue weighted by Crippen LogP contribution is -2.60. The zero-order valence-corrected chi connectivity index (χ0v) is 19.8. The highest BCUT2D eigenvalue weighted by Gasteiger charge is 2.48. The average molecular weight is 473 g/mol. The van der Waals surface area contributed by atoms with Crippen LogP contribution in [0.2, 0.25) is 0 Å². The molecule has 33 heavy (non-hydrogen) atoms. The van der Waals surface area contributed by atoms with E-state index in [1.54, 1.807) is 31.2 Å². The maximum Gasteiger partial charge on any atom is 0.278 e. The normalized spacial score (nSPS) is 20.4. The average Bonchev–Trinajstić information content (AvgIpc) is 2.80. The predicted molar refractivity (Wildman–Crippen MR) is 125 cm³/mol. The van der Waals surface area contributed by atoms with Gasteiger partial charge in [0.1, 0.15) is 6.33 Å². The molecular weight excluding hydrogens is 443 g/mol. The predicted octanol–water partition coefficient (Wildman–Crippen LogP) is 4.80. The third-order valence-electron chi connectivity index (χ3n) is 7.51. The van der Waals surface area contributed by atoms with Crippen LogP contribution in [0.4, 0.5) is 10.1 Å². The molecule has 0 aliphatic heterocycles. The van der Waals surface area contributed by atoms with Gasteiger partial charge in [0.25, 0.3) is 17.4 Å². The first-order valence-electron chi connectivity index (χ1n) is 11.5. The first-order chi connectivity index (χ1) is 15.7. The highest BCUT2D eigenvalue weighted by Crippen LogP contribution is 2.51. The van der Waals surface area contributed by atoms with Crippen LogP contribution in [0.5, 0.6) is 0 Å². The van der Waals surface area contributed by atoms with Crippen LogP contribution in [-0.2, 0) is 15.1 Å². The van der Waals surface area contributed by atoms with Gasteiger partial charge in [0, 0.05) is 29.7 Å². The van der Waals surface area contributed by atoms with Gasteiger partial charge in [-0.15, -0.1) is 0 Å². The summed E-state index contributed by atoms with van der Waals surface area (Å²) in [6.07, 6.45) is 12.1. The molecule has 1 heterocycles. The molecule has 0 bridgehead atoms. The van der Waals surface area contributed by atoms with Crippen molar-refractivity contribution in [3.05, 3.63) is 54.1 Å². The number of benzene rings is 1. The number of alkyl halides is 2. The van der Waals surface area contributed by atoms with Crippen LogP contribution in [0.3, 0.4) is 0 Å². The largest absolute Gasteiger partial charge is 0.351 e. The molecule has 2 aliphatic rings. The van der Waals surface area contributed by atoms with E-state index in [2.05, 4.69) is 15.3 Å². The number of hydrogen-bond acceptors (Lipinski definition) is 4. The van der Waals surface area contributed by atoms with E-state index in [4.69, 9.17) is 11.6 Å². The van der Waals surface area contributed by atoms with Crippen LogP contribution in [0.25, 0.3) is 0 Å². The Bertz CT molecular complexity index is 987. The van der Waals surface area contributed by atoms with Gasteiger partial charge in [-0.3, -0.25) is 14.5 Å². The SMILES string of the molecule is Cc1ccc(N(C(=O)[C@H](F)Cl)C(C)(C(=O)NC2CCC3(CCC3)CC2)c2cncnc2)cc1. The number of anilines is 1. The number of rotatable bonds is 6. The summed E-state index contributed by atoms with van der Waals surface area (Å²) < 4.78 is 14.2. The Hall–Kier alpha value is -2.54. The highest BCUT2D eigenvalue weighted by molar-refractivity contribution is 6.32. The fraction of sp³-hybridized carbons (Fsp3) is 0.520. The van der Waals surface area contributed by atoms with E-state index in [1.165, 1.54) is 38.0 Å². The molecule has 2 atom stereocenters. The summed E-state index contributed by atoms with van der Waals surface area (Å²) in [5.41, 5.74) is -1.74. The van der Waals surface area contributed by atoms with Gasteiger partial charge in [-0.2, -0.15) is 0 Å². The Morgan fingerprint density at radius 1 is 1.15 bits per heavy atom. The first-order valence-corrected chi connectivity index (χ1v) is 11.9. The number of carbonyl (C=O) groups is 2. The van der Waals surface area contributed by atoms with Crippen molar-refractivity contribution in [2.75, 3.05) is 4.90 Å². The molecule has 176 valence electrons. The maximum absolute atomic E-state index is 14.2. The molecule has 0 saturated heterocycles. The van der Waals surface area contributed by atoms with Gasteiger partial charge in [-0.25, -0.2) is 14.4 Å². The molecule has 2 amide bonds. The molecule has 1 N–H and O–H groups in total. The van der Waals surface area contributed by atoms with Crippen molar-refractivity contribution in [1.29, 1.82) is 0 Å². The van der Waals surface area contributed by atoms with Crippen LogP contribution in [0, 0.1) is 12.3 Å². The molecule has 4 rings (SSSR count). The fourth-order valence-electron chi connectivity index (χ4n) is 5.19. The van der Waals surface area contributed by atoms with E-state index >= 15 is 0 Å². The molecular formula is C25H30ClFN4O2. The Labute approximate surface area is 198 Å². The van der Waals surface area contributed by atoms with Crippen molar-refractivity contribution >= 4 is 29.1 Å². The molecule has 1 spiro atoms. The van der Waals surface area contributed by atoms with E-state index in [9.17, 15) is 14.0 Å². The van der Waals surface area contributed by atoms with Crippen molar-refractivity contribution in [1.82, 2.24) is 15.3 Å². The van der Waals surface area contributed by atoms with Crippen molar-refractivity contribution < 1.29 is 14.0 Å². The molecule has 8 heteroatoms. The molecule has 6 nitrogen and oxygen atoms in total. The molecule has 2 fully saturated rings. The van der Waals surface area contributed by atoms with Crippen molar-refractivity contribution in [3.8, 4) is 0 Å². The van der Waals surface area contributed by atoms with Crippen LogP contribution in [0.1, 0.15) is 63.0 Å².